The van der Waals surface area contributed by atoms with E-state index < -0.39 is 21.3 Å². The van der Waals surface area contributed by atoms with E-state index in [1.807, 2.05) is 0 Å². The van der Waals surface area contributed by atoms with Crippen molar-refractivity contribution >= 4 is 10.0 Å². The Morgan fingerprint density at radius 3 is 2.79 bits per heavy atom. The van der Waals surface area contributed by atoms with Gasteiger partial charge in [-0.1, -0.05) is 18.2 Å². The van der Waals surface area contributed by atoms with E-state index in [1.54, 1.807) is 25.1 Å². The maximum absolute atomic E-state index is 13.6. The van der Waals surface area contributed by atoms with E-state index in [9.17, 15) is 12.8 Å². The molecule has 0 saturated carbocycles. The Morgan fingerprint density at radius 1 is 1.42 bits per heavy atom. The molecule has 1 heterocycles. The first-order valence-electron chi connectivity index (χ1n) is 6.47. The molecule has 0 aliphatic carbocycles. The van der Waals surface area contributed by atoms with Crippen LogP contribution in [-0.4, -0.2) is 26.8 Å². The molecule has 0 radical (unpaired) electrons. The van der Waals surface area contributed by atoms with Crippen molar-refractivity contribution in [2.45, 2.75) is 31.1 Å². The molecule has 1 aromatic carbocycles. The summed E-state index contributed by atoms with van der Waals surface area (Å²) in [6.45, 7) is 2.97. The average molecular weight is 286 g/mol. The first-order chi connectivity index (χ1) is 9.00. The number of hydrogen-bond donors (Lipinski definition) is 2. The van der Waals surface area contributed by atoms with Crippen molar-refractivity contribution in [1.29, 1.82) is 0 Å². The van der Waals surface area contributed by atoms with Gasteiger partial charge in [-0.15, -0.1) is 0 Å². The van der Waals surface area contributed by atoms with Gasteiger partial charge in [0.15, 0.2) is 0 Å². The minimum atomic E-state index is -3.43. The van der Waals surface area contributed by atoms with Gasteiger partial charge in [0.1, 0.15) is 5.82 Å². The molecule has 0 amide bonds. The lowest BCUT2D eigenvalue weighted by atomic mass is 10.1. The van der Waals surface area contributed by atoms with Crippen LogP contribution in [0.3, 0.4) is 0 Å². The predicted molar refractivity (Wildman–Crippen MR) is 72.8 cm³/mol. The summed E-state index contributed by atoms with van der Waals surface area (Å²) in [4.78, 5) is 0. The molecule has 19 heavy (non-hydrogen) atoms. The largest absolute Gasteiger partial charge is 0.315 e. The monoisotopic (exact) mass is 286 g/mol. The molecule has 2 unspecified atom stereocenters. The van der Waals surface area contributed by atoms with E-state index >= 15 is 0 Å². The molecule has 4 nitrogen and oxygen atoms in total. The second kappa shape index (κ2) is 5.98. The van der Waals surface area contributed by atoms with Gasteiger partial charge in [0.25, 0.3) is 0 Å². The highest BCUT2D eigenvalue weighted by Gasteiger charge is 2.29. The number of halogens is 1. The normalized spacial score (nSPS) is 22.1. The predicted octanol–water partition coefficient (Wildman–Crippen LogP) is 1.56. The summed E-state index contributed by atoms with van der Waals surface area (Å²) in [7, 11) is -3.43. The lowest BCUT2D eigenvalue weighted by Gasteiger charge is -2.25. The summed E-state index contributed by atoms with van der Waals surface area (Å²) in [5, 5.41) is 2.64. The first kappa shape index (κ1) is 14.4. The quantitative estimate of drug-likeness (QED) is 0.883. The molecule has 0 bridgehead atoms. The number of nitrogens with one attached hydrogen (secondary N) is 2. The molecule has 2 atom stereocenters. The van der Waals surface area contributed by atoms with Crippen molar-refractivity contribution in [3.8, 4) is 0 Å². The van der Waals surface area contributed by atoms with Crippen LogP contribution >= 0.6 is 0 Å². The summed E-state index contributed by atoms with van der Waals surface area (Å²) >= 11 is 0. The fourth-order valence-corrected chi connectivity index (χ4v) is 3.94. The molecule has 0 spiro atoms. The van der Waals surface area contributed by atoms with Crippen LogP contribution in [0.15, 0.2) is 24.3 Å². The number of sulfonamides is 1. The zero-order valence-electron chi connectivity index (χ0n) is 10.9. The van der Waals surface area contributed by atoms with Gasteiger partial charge in [-0.25, -0.2) is 17.5 Å². The Labute approximate surface area is 113 Å². The van der Waals surface area contributed by atoms with E-state index in [4.69, 9.17) is 0 Å². The van der Waals surface area contributed by atoms with Crippen molar-refractivity contribution in [1.82, 2.24) is 10.0 Å². The highest BCUT2D eigenvalue weighted by molar-refractivity contribution is 7.90. The summed E-state index contributed by atoms with van der Waals surface area (Å²) < 4.78 is 40.6. The minimum Gasteiger partial charge on any atom is -0.315 e. The van der Waals surface area contributed by atoms with Crippen LogP contribution in [0, 0.1) is 5.82 Å². The number of piperidine rings is 1. The third kappa shape index (κ3) is 3.52. The van der Waals surface area contributed by atoms with Gasteiger partial charge in [-0.05, 0) is 32.4 Å². The van der Waals surface area contributed by atoms with Crippen molar-refractivity contribution < 1.29 is 12.8 Å². The van der Waals surface area contributed by atoms with E-state index in [0.29, 0.717) is 18.5 Å². The molecule has 2 N–H and O–H groups in total. The molecule has 1 saturated heterocycles. The number of benzene rings is 1. The molecule has 1 aromatic rings. The van der Waals surface area contributed by atoms with Crippen LogP contribution < -0.4 is 10.0 Å². The van der Waals surface area contributed by atoms with Gasteiger partial charge in [-0.3, -0.25) is 0 Å². The molecule has 0 aromatic heterocycles. The summed E-state index contributed by atoms with van der Waals surface area (Å²) in [5.41, 5.74) is 0.370. The smallest absolute Gasteiger partial charge is 0.216 e. The third-order valence-electron chi connectivity index (χ3n) is 3.40. The lowest BCUT2D eigenvalue weighted by Crippen LogP contribution is -2.44. The Morgan fingerprint density at radius 2 is 2.16 bits per heavy atom. The number of hydrogen-bond acceptors (Lipinski definition) is 3. The van der Waals surface area contributed by atoms with Gasteiger partial charge in [0.05, 0.1) is 5.25 Å². The second-order valence-corrected chi connectivity index (χ2v) is 6.87. The van der Waals surface area contributed by atoms with Crippen LogP contribution in [0.25, 0.3) is 0 Å². The Hall–Kier alpha value is -0.980. The van der Waals surface area contributed by atoms with Crippen molar-refractivity contribution in [2.75, 3.05) is 13.1 Å². The fraction of sp³-hybridized carbons (Fsp3) is 0.538. The summed E-state index contributed by atoms with van der Waals surface area (Å²) in [6.07, 6.45) is 1.49. The molecule has 6 heteroatoms. The minimum absolute atomic E-state index is 0.370. The highest BCUT2D eigenvalue weighted by Crippen LogP contribution is 2.19. The third-order valence-corrected chi connectivity index (χ3v) is 5.37. The zero-order valence-corrected chi connectivity index (χ0v) is 11.7. The zero-order chi connectivity index (χ0) is 13.9. The van der Waals surface area contributed by atoms with Crippen molar-refractivity contribution in [2.24, 2.45) is 0 Å². The van der Waals surface area contributed by atoms with Crippen molar-refractivity contribution in [3.63, 3.8) is 0 Å². The van der Waals surface area contributed by atoms with E-state index in [-0.39, 0.29) is 5.82 Å². The van der Waals surface area contributed by atoms with Gasteiger partial charge in [-0.2, -0.15) is 0 Å². The van der Waals surface area contributed by atoms with Crippen LogP contribution in [-0.2, 0) is 10.0 Å². The van der Waals surface area contributed by atoms with Gasteiger partial charge in [0.2, 0.25) is 10.0 Å². The van der Waals surface area contributed by atoms with Gasteiger partial charge in [0, 0.05) is 18.2 Å². The molecular formula is C13H19FN2O2S. The van der Waals surface area contributed by atoms with Crippen LogP contribution in [0.5, 0.6) is 0 Å². The maximum atomic E-state index is 13.6. The summed E-state index contributed by atoms with van der Waals surface area (Å²) in [6, 6.07) is 5.66. The van der Waals surface area contributed by atoms with Gasteiger partial charge < -0.3 is 5.32 Å². The molecule has 2 rings (SSSR count). The first-order valence-corrected chi connectivity index (χ1v) is 8.01. The molecule has 1 aliphatic rings. The highest BCUT2D eigenvalue weighted by atomic mass is 32.2. The standard InChI is InChI=1S/C13H19FN2O2S/c1-10(12-6-2-3-7-13(12)14)16-19(17,18)11-5-4-8-15-9-11/h2-3,6-7,10-11,15-16H,4-5,8-9H2,1H3. The SMILES string of the molecule is CC(NS(=O)(=O)C1CCCNC1)c1ccccc1F. The Balaban J connectivity index is 2.09. The van der Waals surface area contributed by atoms with E-state index in [2.05, 4.69) is 10.0 Å². The Bertz CT molecular complexity index is 527. The molecule has 1 aliphatic heterocycles. The second-order valence-electron chi connectivity index (χ2n) is 4.87. The van der Waals surface area contributed by atoms with Gasteiger partial charge >= 0.3 is 0 Å². The summed E-state index contributed by atoms with van der Waals surface area (Å²) in [5.74, 6) is -0.389. The van der Waals surface area contributed by atoms with E-state index in [1.165, 1.54) is 6.07 Å². The van der Waals surface area contributed by atoms with Crippen LogP contribution in [0.4, 0.5) is 4.39 Å². The molecule has 1 fully saturated rings. The van der Waals surface area contributed by atoms with Crippen molar-refractivity contribution in [3.05, 3.63) is 35.6 Å². The Kier molecular flexibility index (Phi) is 4.54. The van der Waals surface area contributed by atoms with E-state index in [0.717, 1.165) is 13.0 Å². The lowest BCUT2D eigenvalue weighted by molar-refractivity contribution is 0.482. The number of rotatable bonds is 4. The maximum Gasteiger partial charge on any atom is 0.216 e. The van der Waals surface area contributed by atoms with Crippen LogP contribution in [0.1, 0.15) is 31.4 Å². The topological polar surface area (TPSA) is 58.2 Å². The average Bonchev–Trinajstić information content (AvgIpc) is 2.39. The van der Waals surface area contributed by atoms with Crippen LogP contribution in [0.2, 0.25) is 0 Å². The molecule has 106 valence electrons. The molecular weight excluding hydrogens is 267 g/mol. The fourth-order valence-electron chi connectivity index (χ4n) is 2.32.